The van der Waals surface area contributed by atoms with Crippen LogP contribution in [0.3, 0.4) is 0 Å². The van der Waals surface area contributed by atoms with Crippen LogP contribution in [0.4, 0.5) is 0 Å². The predicted molar refractivity (Wildman–Crippen MR) is 60.1 cm³/mol. The Morgan fingerprint density at radius 3 is 2.69 bits per heavy atom. The van der Waals surface area contributed by atoms with E-state index in [0.29, 0.717) is 6.42 Å². The van der Waals surface area contributed by atoms with Gasteiger partial charge in [0.2, 0.25) is 5.91 Å². The van der Waals surface area contributed by atoms with Crippen LogP contribution in [-0.4, -0.2) is 28.7 Å². The van der Waals surface area contributed by atoms with Gasteiger partial charge in [-0.15, -0.1) is 0 Å². The number of amides is 1. The first kappa shape index (κ1) is 12.3. The number of carbonyl (C=O) groups is 1. The maximum Gasteiger partial charge on any atom is 0.233 e. The molecule has 0 aromatic heterocycles. The number of nitrogens with one attached hydrogen (secondary N) is 1. The Morgan fingerprint density at radius 1 is 1.44 bits per heavy atom. The van der Waals surface area contributed by atoms with Gasteiger partial charge in [0, 0.05) is 6.04 Å². The van der Waals surface area contributed by atoms with Crippen LogP contribution in [0, 0.1) is 0 Å². The van der Waals surface area contributed by atoms with Crippen molar-refractivity contribution in [3.8, 4) is 11.5 Å². The van der Waals surface area contributed by atoms with E-state index in [1.807, 2.05) is 6.92 Å². The number of phenols is 2. The van der Waals surface area contributed by atoms with E-state index in [9.17, 15) is 9.90 Å². The van der Waals surface area contributed by atoms with Gasteiger partial charge in [-0.1, -0.05) is 6.07 Å². The van der Waals surface area contributed by atoms with Crippen molar-refractivity contribution in [1.29, 1.82) is 0 Å². The minimum Gasteiger partial charge on any atom is -0.504 e. The minimum atomic E-state index is -0.212. The summed E-state index contributed by atoms with van der Waals surface area (Å²) in [4.78, 5) is 11.0. The van der Waals surface area contributed by atoms with Gasteiger partial charge in [-0.3, -0.25) is 4.79 Å². The molecule has 1 atom stereocenters. The second-order valence-electron chi connectivity index (χ2n) is 3.70. The van der Waals surface area contributed by atoms with Crippen LogP contribution in [0.1, 0.15) is 12.5 Å². The molecule has 0 saturated heterocycles. The fourth-order valence-corrected chi connectivity index (χ4v) is 1.43. The monoisotopic (exact) mass is 224 g/mol. The van der Waals surface area contributed by atoms with Gasteiger partial charge in [0.15, 0.2) is 11.5 Å². The summed E-state index contributed by atoms with van der Waals surface area (Å²) >= 11 is 0. The van der Waals surface area contributed by atoms with E-state index in [4.69, 9.17) is 10.8 Å². The van der Waals surface area contributed by atoms with Gasteiger partial charge >= 0.3 is 0 Å². The second kappa shape index (κ2) is 5.37. The molecular formula is C11H16N2O3. The van der Waals surface area contributed by atoms with Crippen LogP contribution >= 0.6 is 0 Å². The van der Waals surface area contributed by atoms with Crippen LogP contribution in [0.25, 0.3) is 0 Å². The van der Waals surface area contributed by atoms with E-state index in [1.165, 1.54) is 12.1 Å². The number of hydrogen-bond donors (Lipinski definition) is 4. The van der Waals surface area contributed by atoms with Crippen LogP contribution < -0.4 is 11.1 Å². The molecule has 1 aromatic rings. The molecule has 0 aliphatic carbocycles. The highest BCUT2D eigenvalue weighted by atomic mass is 16.3. The molecule has 0 bridgehead atoms. The third-order valence-electron chi connectivity index (χ3n) is 2.17. The second-order valence-corrected chi connectivity index (χ2v) is 3.70. The highest BCUT2D eigenvalue weighted by Crippen LogP contribution is 2.25. The topological polar surface area (TPSA) is 95.6 Å². The fourth-order valence-electron chi connectivity index (χ4n) is 1.43. The summed E-state index contributed by atoms with van der Waals surface area (Å²) in [6, 6.07) is 4.52. The van der Waals surface area contributed by atoms with Crippen molar-refractivity contribution < 1.29 is 15.0 Å². The van der Waals surface area contributed by atoms with Crippen LogP contribution in [0.2, 0.25) is 0 Å². The number of hydrogen-bond acceptors (Lipinski definition) is 4. The third kappa shape index (κ3) is 3.43. The Bertz CT molecular complexity index is 379. The van der Waals surface area contributed by atoms with Gasteiger partial charge in [-0.25, -0.2) is 0 Å². The lowest BCUT2D eigenvalue weighted by Gasteiger charge is -2.13. The molecule has 1 aromatic carbocycles. The van der Waals surface area contributed by atoms with Crippen molar-refractivity contribution in [2.24, 2.45) is 5.73 Å². The van der Waals surface area contributed by atoms with E-state index in [1.54, 1.807) is 6.07 Å². The zero-order valence-electron chi connectivity index (χ0n) is 9.10. The Hall–Kier alpha value is -1.75. The van der Waals surface area contributed by atoms with Gasteiger partial charge in [0.1, 0.15) is 0 Å². The molecular weight excluding hydrogens is 208 g/mol. The Labute approximate surface area is 93.9 Å². The van der Waals surface area contributed by atoms with E-state index in [-0.39, 0.29) is 30.0 Å². The molecule has 1 rings (SSSR count). The molecule has 5 nitrogen and oxygen atoms in total. The van der Waals surface area contributed by atoms with E-state index in [2.05, 4.69) is 5.32 Å². The summed E-state index contributed by atoms with van der Waals surface area (Å²) in [6.07, 6.45) is 0.569. The SMILES string of the molecule is C[C@@H](Cc1ccc(O)c(O)c1)NC(=O)CN. The van der Waals surface area contributed by atoms with Gasteiger partial charge in [0.05, 0.1) is 6.54 Å². The lowest BCUT2D eigenvalue weighted by atomic mass is 10.1. The number of benzene rings is 1. The van der Waals surface area contributed by atoms with Gasteiger partial charge in [0.25, 0.3) is 0 Å². The van der Waals surface area contributed by atoms with Crippen molar-refractivity contribution in [2.75, 3.05) is 6.54 Å². The molecule has 0 radical (unpaired) electrons. The van der Waals surface area contributed by atoms with Crippen molar-refractivity contribution in [1.82, 2.24) is 5.32 Å². The average molecular weight is 224 g/mol. The molecule has 0 fully saturated rings. The van der Waals surface area contributed by atoms with Crippen LogP contribution in [0.5, 0.6) is 11.5 Å². The highest BCUT2D eigenvalue weighted by molar-refractivity contribution is 5.78. The van der Waals surface area contributed by atoms with Crippen molar-refractivity contribution in [3.05, 3.63) is 23.8 Å². The molecule has 0 aliphatic heterocycles. The van der Waals surface area contributed by atoms with Crippen LogP contribution in [-0.2, 0) is 11.2 Å². The predicted octanol–water partition coefficient (Wildman–Crippen LogP) is 0.104. The first-order valence-electron chi connectivity index (χ1n) is 5.03. The van der Waals surface area contributed by atoms with Crippen molar-refractivity contribution in [3.63, 3.8) is 0 Å². The molecule has 1 amide bonds. The summed E-state index contributed by atoms with van der Waals surface area (Å²) in [5.41, 5.74) is 6.01. The molecule has 5 N–H and O–H groups in total. The number of nitrogens with two attached hydrogens (primary N) is 1. The summed E-state index contributed by atoms with van der Waals surface area (Å²) in [5, 5.41) is 21.1. The van der Waals surface area contributed by atoms with Crippen LogP contribution in [0.15, 0.2) is 18.2 Å². The van der Waals surface area contributed by atoms with E-state index in [0.717, 1.165) is 5.56 Å². The lowest BCUT2D eigenvalue weighted by Crippen LogP contribution is -2.38. The molecule has 88 valence electrons. The molecule has 0 heterocycles. The molecule has 0 spiro atoms. The third-order valence-corrected chi connectivity index (χ3v) is 2.17. The quantitative estimate of drug-likeness (QED) is 0.546. The van der Waals surface area contributed by atoms with Gasteiger partial charge in [-0.2, -0.15) is 0 Å². The van der Waals surface area contributed by atoms with E-state index >= 15 is 0 Å². The van der Waals surface area contributed by atoms with Crippen molar-refractivity contribution in [2.45, 2.75) is 19.4 Å². The molecule has 5 heteroatoms. The Kier molecular flexibility index (Phi) is 4.13. The average Bonchev–Trinajstić information content (AvgIpc) is 2.23. The maximum absolute atomic E-state index is 11.0. The standard InChI is InChI=1S/C11H16N2O3/c1-7(13-11(16)6-12)4-8-2-3-9(14)10(15)5-8/h2-3,5,7,14-15H,4,6,12H2,1H3,(H,13,16)/t7-/m0/s1. The lowest BCUT2D eigenvalue weighted by molar-refractivity contribution is -0.120. The molecule has 0 unspecified atom stereocenters. The molecule has 0 saturated carbocycles. The summed E-state index contributed by atoms with van der Waals surface area (Å²) < 4.78 is 0. The zero-order valence-corrected chi connectivity index (χ0v) is 9.10. The summed E-state index contributed by atoms with van der Waals surface area (Å²) in [6.45, 7) is 1.81. The molecule has 0 aliphatic rings. The van der Waals surface area contributed by atoms with E-state index < -0.39 is 0 Å². The number of phenolic OH excluding ortho intramolecular Hbond substituents is 2. The smallest absolute Gasteiger partial charge is 0.233 e. The first-order valence-corrected chi connectivity index (χ1v) is 5.03. The minimum absolute atomic E-state index is 0.0365. The highest BCUT2D eigenvalue weighted by Gasteiger charge is 2.08. The summed E-state index contributed by atoms with van der Waals surface area (Å²) in [5.74, 6) is -0.521. The maximum atomic E-state index is 11.0. The Balaban J connectivity index is 2.59. The van der Waals surface area contributed by atoms with Crippen molar-refractivity contribution >= 4 is 5.91 Å². The van der Waals surface area contributed by atoms with Gasteiger partial charge in [-0.05, 0) is 31.0 Å². The zero-order chi connectivity index (χ0) is 12.1. The number of carbonyl (C=O) groups excluding carboxylic acids is 1. The number of rotatable bonds is 4. The largest absolute Gasteiger partial charge is 0.504 e. The normalized spacial score (nSPS) is 12.1. The molecule has 16 heavy (non-hydrogen) atoms. The Morgan fingerprint density at radius 2 is 2.12 bits per heavy atom. The summed E-state index contributed by atoms with van der Waals surface area (Å²) in [7, 11) is 0. The first-order chi connectivity index (χ1) is 7.52. The fraction of sp³-hybridized carbons (Fsp3) is 0.364. The van der Waals surface area contributed by atoms with Gasteiger partial charge < -0.3 is 21.3 Å². The number of aromatic hydroxyl groups is 2.